The summed E-state index contributed by atoms with van der Waals surface area (Å²) in [5, 5.41) is 18.7. The highest BCUT2D eigenvalue weighted by atomic mass is 16.4. The Balaban J connectivity index is 2.17. The maximum absolute atomic E-state index is 11.1. The van der Waals surface area contributed by atoms with Crippen LogP contribution in [0.1, 0.15) is 110 Å². The summed E-state index contributed by atoms with van der Waals surface area (Å²) in [4.78, 5) is 11.1. The van der Waals surface area contributed by atoms with E-state index in [2.05, 4.69) is 19.9 Å². The molecule has 2 fully saturated rings. The predicted octanol–water partition coefficient (Wildman–Crippen LogP) is 6.96. The lowest BCUT2D eigenvalue weighted by Gasteiger charge is -2.51. The van der Waals surface area contributed by atoms with E-state index in [1.165, 1.54) is 64.2 Å². The van der Waals surface area contributed by atoms with Crippen molar-refractivity contribution in [3.8, 4) is 6.07 Å². The van der Waals surface area contributed by atoms with E-state index >= 15 is 0 Å². The normalized spacial score (nSPS) is 29.0. The Hall–Kier alpha value is -1.04. The van der Waals surface area contributed by atoms with Gasteiger partial charge in [-0.3, -0.25) is 4.79 Å². The minimum absolute atomic E-state index is 0.215. The first kappa shape index (κ1) is 22.3. The molecule has 3 heteroatoms. The topological polar surface area (TPSA) is 61.1 Å². The number of rotatable bonds is 10. The third kappa shape index (κ3) is 6.23. The van der Waals surface area contributed by atoms with Gasteiger partial charge in [-0.1, -0.05) is 58.8 Å². The highest BCUT2D eigenvalue weighted by Gasteiger charge is 2.46. The van der Waals surface area contributed by atoms with Gasteiger partial charge in [0, 0.05) is 12.3 Å². The van der Waals surface area contributed by atoms with E-state index in [-0.39, 0.29) is 12.3 Å². The molecule has 2 aliphatic carbocycles. The van der Waals surface area contributed by atoms with Gasteiger partial charge < -0.3 is 5.11 Å². The zero-order valence-electron chi connectivity index (χ0n) is 17.7. The molecule has 0 saturated heterocycles. The largest absolute Gasteiger partial charge is 0.481 e. The standard InChI is InChI=1S/C24H41NO2/c1-3-4-5-7-14-24(15-8-6-9-16-24)22-17-20(18-25)11-12-21(22)19(2)10-13-23(26)27/h19-22H,3-17H2,1-2H3,(H,26,27). The molecule has 2 rings (SSSR count). The first-order chi connectivity index (χ1) is 13.0. The molecule has 154 valence electrons. The highest BCUT2D eigenvalue weighted by molar-refractivity contribution is 5.66. The molecule has 0 spiro atoms. The number of carboxylic acids is 1. The molecule has 0 heterocycles. The lowest BCUT2D eigenvalue weighted by Crippen LogP contribution is -2.43. The average Bonchev–Trinajstić information content (AvgIpc) is 2.69. The molecular formula is C24H41NO2. The first-order valence-electron chi connectivity index (χ1n) is 11.6. The van der Waals surface area contributed by atoms with Crippen LogP contribution in [0.25, 0.3) is 0 Å². The molecule has 2 saturated carbocycles. The molecule has 0 aromatic rings. The molecule has 27 heavy (non-hydrogen) atoms. The lowest BCUT2D eigenvalue weighted by atomic mass is 9.53. The van der Waals surface area contributed by atoms with Crippen molar-refractivity contribution >= 4 is 5.97 Å². The molecule has 4 atom stereocenters. The number of aliphatic carboxylic acids is 1. The van der Waals surface area contributed by atoms with E-state index in [0.717, 1.165) is 25.7 Å². The second-order valence-electron chi connectivity index (χ2n) is 9.55. The summed E-state index contributed by atoms with van der Waals surface area (Å²) in [6.07, 6.45) is 17.6. The van der Waals surface area contributed by atoms with Gasteiger partial charge in [-0.15, -0.1) is 0 Å². The Kier molecular flexibility index (Phi) is 9.13. The number of carboxylic acid groups (broad SMARTS) is 1. The molecule has 1 N–H and O–H groups in total. The Morgan fingerprint density at radius 1 is 1.19 bits per heavy atom. The van der Waals surface area contributed by atoms with E-state index in [4.69, 9.17) is 5.11 Å². The predicted molar refractivity (Wildman–Crippen MR) is 110 cm³/mol. The number of hydrogen-bond donors (Lipinski definition) is 1. The van der Waals surface area contributed by atoms with Gasteiger partial charge in [0.15, 0.2) is 0 Å². The second-order valence-corrected chi connectivity index (χ2v) is 9.55. The molecular weight excluding hydrogens is 334 g/mol. The van der Waals surface area contributed by atoms with Crippen molar-refractivity contribution in [1.29, 1.82) is 5.26 Å². The third-order valence-corrected chi connectivity index (χ3v) is 7.79. The Morgan fingerprint density at radius 2 is 1.93 bits per heavy atom. The summed E-state index contributed by atoms with van der Waals surface area (Å²) >= 11 is 0. The number of carbonyl (C=O) groups is 1. The van der Waals surface area contributed by atoms with Crippen LogP contribution >= 0.6 is 0 Å². The van der Waals surface area contributed by atoms with E-state index in [9.17, 15) is 10.1 Å². The number of nitrogens with zero attached hydrogens (tertiary/aromatic N) is 1. The summed E-state index contributed by atoms with van der Waals surface area (Å²) in [7, 11) is 0. The van der Waals surface area contributed by atoms with Crippen molar-refractivity contribution in [1.82, 2.24) is 0 Å². The summed E-state index contributed by atoms with van der Waals surface area (Å²) in [5.74, 6) is 1.24. The Bertz CT molecular complexity index is 489. The van der Waals surface area contributed by atoms with Crippen molar-refractivity contribution < 1.29 is 9.90 Å². The van der Waals surface area contributed by atoms with Crippen molar-refractivity contribution in [2.24, 2.45) is 29.1 Å². The zero-order valence-corrected chi connectivity index (χ0v) is 17.7. The van der Waals surface area contributed by atoms with Gasteiger partial charge in [0.2, 0.25) is 0 Å². The Labute approximate surface area is 166 Å². The maximum atomic E-state index is 11.1. The average molecular weight is 376 g/mol. The first-order valence-corrected chi connectivity index (χ1v) is 11.6. The van der Waals surface area contributed by atoms with Crippen molar-refractivity contribution in [3.63, 3.8) is 0 Å². The van der Waals surface area contributed by atoms with Gasteiger partial charge in [-0.05, 0) is 68.1 Å². The lowest BCUT2D eigenvalue weighted by molar-refractivity contribution is -0.137. The SMILES string of the molecule is CCCCCCC1(C2CC(C#N)CCC2C(C)CCC(=O)O)CCCCC1. The van der Waals surface area contributed by atoms with Gasteiger partial charge in [-0.25, -0.2) is 0 Å². The minimum atomic E-state index is -0.670. The van der Waals surface area contributed by atoms with Crippen LogP contribution in [-0.4, -0.2) is 11.1 Å². The van der Waals surface area contributed by atoms with Gasteiger partial charge >= 0.3 is 5.97 Å². The van der Waals surface area contributed by atoms with Crippen LogP contribution in [0.2, 0.25) is 0 Å². The zero-order chi connectivity index (χ0) is 19.7. The van der Waals surface area contributed by atoms with Gasteiger partial charge in [0.1, 0.15) is 0 Å². The fraction of sp³-hybridized carbons (Fsp3) is 0.917. The molecule has 0 aromatic heterocycles. The van der Waals surface area contributed by atoms with Gasteiger partial charge in [0.25, 0.3) is 0 Å². The summed E-state index contributed by atoms with van der Waals surface area (Å²) in [6.45, 7) is 4.55. The Morgan fingerprint density at radius 3 is 2.56 bits per heavy atom. The summed E-state index contributed by atoms with van der Waals surface area (Å²) in [6, 6.07) is 2.58. The number of hydrogen-bond acceptors (Lipinski definition) is 2. The number of nitriles is 1. The number of unbranched alkanes of at least 4 members (excludes halogenated alkanes) is 3. The molecule has 0 aromatic carbocycles. The molecule has 0 radical (unpaired) electrons. The fourth-order valence-electron chi connectivity index (χ4n) is 6.23. The van der Waals surface area contributed by atoms with Crippen molar-refractivity contribution in [2.75, 3.05) is 0 Å². The van der Waals surface area contributed by atoms with Gasteiger partial charge in [-0.2, -0.15) is 5.26 Å². The van der Waals surface area contributed by atoms with Crippen LogP contribution < -0.4 is 0 Å². The van der Waals surface area contributed by atoms with Crippen LogP contribution in [0.4, 0.5) is 0 Å². The second kappa shape index (κ2) is 11.1. The molecule has 3 nitrogen and oxygen atoms in total. The third-order valence-electron chi connectivity index (χ3n) is 7.79. The fourth-order valence-corrected chi connectivity index (χ4v) is 6.23. The van der Waals surface area contributed by atoms with Crippen LogP contribution in [0.3, 0.4) is 0 Å². The molecule has 4 unspecified atom stereocenters. The minimum Gasteiger partial charge on any atom is -0.481 e. The van der Waals surface area contributed by atoms with E-state index < -0.39 is 5.97 Å². The van der Waals surface area contributed by atoms with Crippen molar-refractivity contribution in [3.05, 3.63) is 0 Å². The molecule has 2 aliphatic rings. The monoisotopic (exact) mass is 375 g/mol. The van der Waals surface area contributed by atoms with E-state index in [1.54, 1.807) is 0 Å². The quantitative estimate of drug-likeness (QED) is 0.420. The highest BCUT2D eigenvalue weighted by Crippen LogP contribution is 2.56. The van der Waals surface area contributed by atoms with Crippen LogP contribution in [0, 0.1) is 40.4 Å². The maximum Gasteiger partial charge on any atom is 0.303 e. The molecule has 0 aliphatic heterocycles. The molecule has 0 bridgehead atoms. The van der Waals surface area contributed by atoms with Crippen LogP contribution in [0.15, 0.2) is 0 Å². The van der Waals surface area contributed by atoms with Gasteiger partial charge in [0.05, 0.1) is 6.07 Å². The molecule has 0 amide bonds. The summed E-state index contributed by atoms with van der Waals surface area (Å²) in [5.41, 5.74) is 0.420. The van der Waals surface area contributed by atoms with E-state index in [1.807, 2.05) is 0 Å². The summed E-state index contributed by atoms with van der Waals surface area (Å²) < 4.78 is 0. The van der Waals surface area contributed by atoms with E-state index in [0.29, 0.717) is 23.2 Å². The van der Waals surface area contributed by atoms with Crippen LogP contribution in [-0.2, 0) is 4.79 Å². The van der Waals surface area contributed by atoms with Crippen LogP contribution in [0.5, 0.6) is 0 Å². The smallest absolute Gasteiger partial charge is 0.303 e. The van der Waals surface area contributed by atoms with Crippen molar-refractivity contribution in [2.45, 2.75) is 110 Å².